The molecule has 32 heavy (non-hydrogen) atoms. The Balaban J connectivity index is 1.49. The van der Waals surface area contributed by atoms with Crippen LogP contribution in [-0.2, 0) is 4.79 Å². The van der Waals surface area contributed by atoms with Gasteiger partial charge >= 0.3 is 0 Å². The topological polar surface area (TPSA) is 72.3 Å². The minimum atomic E-state index is -0.0576. The van der Waals surface area contributed by atoms with Crippen molar-refractivity contribution in [3.63, 3.8) is 0 Å². The zero-order valence-corrected chi connectivity index (χ0v) is 19.7. The number of fused-ring (bicyclic) bond motifs is 1. The fraction of sp³-hybridized carbons (Fsp3) is 0.292. The number of rotatable bonds is 7. The minimum Gasteiger partial charge on any atom is -0.497 e. The van der Waals surface area contributed by atoms with E-state index in [4.69, 9.17) is 9.72 Å². The number of anilines is 1. The molecule has 1 atom stereocenters. The number of carbonyl (C=O) groups is 1. The quantitative estimate of drug-likeness (QED) is 0.452. The number of benzene rings is 2. The maximum atomic E-state index is 12.6. The van der Waals surface area contributed by atoms with Crippen molar-refractivity contribution in [2.75, 3.05) is 25.6 Å². The number of nitrogens with one attached hydrogen (secondary N) is 1. The normalized spacial score (nSPS) is 12.0. The number of ether oxygens (including phenoxy) is 1. The van der Waals surface area contributed by atoms with Gasteiger partial charge in [-0.1, -0.05) is 41.2 Å². The number of methoxy groups -OCH3 is 1. The first kappa shape index (κ1) is 21.8. The zero-order chi connectivity index (χ0) is 22.8. The van der Waals surface area contributed by atoms with Gasteiger partial charge in [0.2, 0.25) is 5.91 Å². The molecule has 2 aromatic heterocycles. The highest BCUT2D eigenvalue weighted by Gasteiger charge is 2.19. The molecule has 1 amide bonds. The van der Waals surface area contributed by atoms with E-state index in [9.17, 15) is 4.79 Å². The fourth-order valence-electron chi connectivity index (χ4n) is 3.50. The third kappa shape index (κ3) is 4.45. The van der Waals surface area contributed by atoms with Crippen molar-refractivity contribution in [3.8, 4) is 11.4 Å². The van der Waals surface area contributed by atoms with Crippen molar-refractivity contribution < 1.29 is 9.53 Å². The predicted molar refractivity (Wildman–Crippen MR) is 129 cm³/mol. The molecule has 2 heterocycles. The maximum Gasteiger partial charge on any atom is 0.240 e. The molecule has 7 nitrogen and oxygen atoms in total. The molecule has 1 N–H and O–H groups in total. The first-order chi connectivity index (χ1) is 15.4. The molecule has 4 rings (SSSR count). The standard InChI is InChI=1S/C24H27N5O2S/c1-15-6-8-18(9-7-15)16(2)25-21(30)14-28(4)24-26-23-22(32-24)17(3)27-29(23)19-10-12-20(31-5)13-11-19/h6-13,16H,14H2,1-5H3,(H,25,30)/t16-/m1/s1. The van der Waals surface area contributed by atoms with Gasteiger partial charge in [-0.15, -0.1) is 0 Å². The van der Waals surface area contributed by atoms with Crippen LogP contribution in [0.5, 0.6) is 5.75 Å². The summed E-state index contributed by atoms with van der Waals surface area (Å²) in [4.78, 5) is 19.3. The number of hydrogen-bond acceptors (Lipinski definition) is 6. The number of carbonyl (C=O) groups excluding carboxylic acids is 1. The van der Waals surface area contributed by atoms with Crippen molar-refractivity contribution in [1.82, 2.24) is 20.1 Å². The van der Waals surface area contributed by atoms with Gasteiger partial charge in [-0.2, -0.15) is 10.1 Å². The second-order valence-electron chi connectivity index (χ2n) is 7.90. The van der Waals surface area contributed by atoms with Crippen molar-refractivity contribution >= 4 is 32.7 Å². The number of hydrogen-bond donors (Lipinski definition) is 1. The number of thiazole rings is 1. The van der Waals surface area contributed by atoms with E-state index in [1.807, 2.05) is 66.9 Å². The predicted octanol–water partition coefficient (Wildman–Crippen LogP) is 4.42. The molecule has 2 aromatic carbocycles. The molecule has 0 saturated heterocycles. The Morgan fingerprint density at radius 1 is 1.16 bits per heavy atom. The van der Waals surface area contributed by atoms with Gasteiger partial charge < -0.3 is 15.0 Å². The highest BCUT2D eigenvalue weighted by Crippen LogP contribution is 2.32. The molecule has 4 aromatic rings. The Morgan fingerprint density at radius 3 is 2.50 bits per heavy atom. The molecule has 0 fully saturated rings. The summed E-state index contributed by atoms with van der Waals surface area (Å²) in [5.41, 5.74) is 4.89. The Kier molecular flexibility index (Phi) is 6.14. The molecule has 166 valence electrons. The lowest BCUT2D eigenvalue weighted by Gasteiger charge is -2.19. The second-order valence-corrected chi connectivity index (χ2v) is 8.88. The summed E-state index contributed by atoms with van der Waals surface area (Å²) < 4.78 is 8.08. The van der Waals surface area contributed by atoms with Gasteiger partial charge in [0.05, 0.1) is 35.8 Å². The zero-order valence-electron chi connectivity index (χ0n) is 18.9. The lowest BCUT2D eigenvalue weighted by Crippen LogP contribution is -2.36. The molecule has 0 aliphatic heterocycles. The Hall–Kier alpha value is -3.39. The summed E-state index contributed by atoms with van der Waals surface area (Å²) >= 11 is 1.54. The van der Waals surface area contributed by atoms with Crippen molar-refractivity contribution in [2.24, 2.45) is 0 Å². The second kappa shape index (κ2) is 9.00. The Labute approximate surface area is 191 Å². The van der Waals surface area contributed by atoms with Crippen LogP contribution in [0.25, 0.3) is 16.0 Å². The molecule has 8 heteroatoms. The number of aryl methyl sites for hydroxylation is 2. The van der Waals surface area contributed by atoms with E-state index in [-0.39, 0.29) is 18.5 Å². The van der Waals surface area contributed by atoms with E-state index in [0.717, 1.165) is 38.2 Å². The molecular weight excluding hydrogens is 422 g/mol. The van der Waals surface area contributed by atoms with E-state index in [2.05, 4.69) is 29.5 Å². The molecule has 0 saturated carbocycles. The molecule has 0 radical (unpaired) electrons. The van der Waals surface area contributed by atoms with Crippen LogP contribution < -0.4 is 15.0 Å². The molecule has 0 unspecified atom stereocenters. The average molecular weight is 450 g/mol. The smallest absolute Gasteiger partial charge is 0.240 e. The van der Waals surface area contributed by atoms with Crippen molar-refractivity contribution in [1.29, 1.82) is 0 Å². The van der Waals surface area contributed by atoms with Gasteiger partial charge in [-0.05, 0) is 50.6 Å². The van der Waals surface area contributed by atoms with Crippen LogP contribution in [0.2, 0.25) is 0 Å². The van der Waals surface area contributed by atoms with Crippen LogP contribution in [0.15, 0.2) is 48.5 Å². The summed E-state index contributed by atoms with van der Waals surface area (Å²) in [5, 5.41) is 8.49. The van der Waals surface area contributed by atoms with Crippen LogP contribution in [0.1, 0.15) is 29.8 Å². The van der Waals surface area contributed by atoms with Gasteiger partial charge in [0.1, 0.15) is 5.75 Å². The van der Waals surface area contributed by atoms with E-state index in [0.29, 0.717) is 0 Å². The lowest BCUT2D eigenvalue weighted by atomic mass is 10.1. The first-order valence-corrected chi connectivity index (χ1v) is 11.2. The third-order valence-electron chi connectivity index (χ3n) is 5.36. The van der Waals surface area contributed by atoms with Gasteiger partial charge in [-0.3, -0.25) is 4.79 Å². The van der Waals surface area contributed by atoms with Crippen LogP contribution in [-0.4, -0.2) is 41.4 Å². The van der Waals surface area contributed by atoms with Gasteiger partial charge in [0.25, 0.3) is 0 Å². The van der Waals surface area contributed by atoms with Crippen molar-refractivity contribution in [2.45, 2.75) is 26.8 Å². The fourth-order valence-corrected chi connectivity index (χ4v) is 4.45. The molecule has 0 bridgehead atoms. The van der Waals surface area contributed by atoms with E-state index < -0.39 is 0 Å². The highest BCUT2D eigenvalue weighted by atomic mass is 32.1. The summed E-state index contributed by atoms with van der Waals surface area (Å²) in [5.74, 6) is 0.742. The minimum absolute atomic E-state index is 0.0478. The summed E-state index contributed by atoms with van der Waals surface area (Å²) in [6.45, 7) is 6.24. The average Bonchev–Trinajstić information content (AvgIpc) is 3.35. The number of aromatic nitrogens is 3. The third-order valence-corrected chi connectivity index (χ3v) is 6.62. The Bertz CT molecular complexity index is 1230. The Morgan fingerprint density at radius 2 is 1.84 bits per heavy atom. The summed E-state index contributed by atoms with van der Waals surface area (Å²) in [6, 6.07) is 15.8. The van der Waals surface area contributed by atoms with Crippen LogP contribution in [0.3, 0.4) is 0 Å². The molecule has 0 spiro atoms. The van der Waals surface area contributed by atoms with Crippen LogP contribution in [0.4, 0.5) is 5.13 Å². The number of nitrogens with zero attached hydrogens (tertiary/aromatic N) is 4. The van der Waals surface area contributed by atoms with Gasteiger partial charge in [-0.25, -0.2) is 4.68 Å². The molecule has 0 aliphatic rings. The SMILES string of the molecule is COc1ccc(-n2nc(C)c3sc(N(C)CC(=O)N[C@H](C)c4ccc(C)cc4)nc32)cc1. The molecule has 0 aliphatic carbocycles. The largest absolute Gasteiger partial charge is 0.497 e. The van der Waals surface area contributed by atoms with Gasteiger partial charge in [0.15, 0.2) is 10.8 Å². The van der Waals surface area contributed by atoms with Crippen molar-refractivity contribution in [3.05, 3.63) is 65.4 Å². The molecular formula is C24H27N5O2S. The monoisotopic (exact) mass is 449 g/mol. The number of amides is 1. The lowest BCUT2D eigenvalue weighted by molar-refractivity contribution is -0.120. The van der Waals surface area contributed by atoms with E-state index in [1.165, 1.54) is 5.56 Å². The van der Waals surface area contributed by atoms with Gasteiger partial charge in [0, 0.05) is 7.05 Å². The summed E-state index contributed by atoms with van der Waals surface area (Å²) in [6.07, 6.45) is 0. The van der Waals surface area contributed by atoms with E-state index in [1.54, 1.807) is 18.4 Å². The first-order valence-electron chi connectivity index (χ1n) is 10.4. The van der Waals surface area contributed by atoms with Crippen LogP contribution in [0, 0.1) is 13.8 Å². The highest BCUT2D eigenvalue weighted by molar-refractivity contribution is 7.22. The van der Waals surface area contributed by atoms with Crippen LogP contribution >= 0.6 is 11.3 Å². The number of likely N-dealkylation sites (N-methyl/N-ethyl adjacent to an activating group) is 1. The summed E-state index contributed by atoms with van der Waals surface area (Å²) in [7, 11) is 3.53. The maximum absolute atomic E-state index is 12.6. The van der Waals surface area contributed by atoms with E-state index >= 15 is 0 Å².